The van der Waals surface area contributed by atoms with Gasteiger partial charge in [0.05, 0.1) is 0 Å². The molecule has 2 heteroatoms. The molecular formula is C14H25NO. The topological polar surface area (TPSA) is 20.3 Å². The van der Waals surface area contributed by atoms with Gasteiger partial charge in [0, 0.05) is 19.0 Å². The molecule has 0 radical (unpaired) electrons. The van der Waals surface area contributed by atoms with Crippen LogP contribution in [0.15, 0.2) is 0 Å². The maximum Gasteiger partial charge on any atom is 0.225 e. The Labute approximate surface area is 99.4 Å². The fraction of sp³-hybridized carbons (Fsp3) is 0.929. The van der Waals surface area contributed by atoms with Crippen molar-refractivity contribution in [1.82, 2.24) is 4.90 Å². The monoisotopic (exact) mass is 223 g/mol. The highest BCUT2D eigenvalue weighted by Gasteiger charge is 2.45. The lowest BCUT2D eigenvalue weighted by molar-refractivity contribution is -0.138. The summed E-state index contributed by atoms with van der Waals surface area (Å²) in [5.41, 5.74) is 0.633. The van der Waals surface area contributed by atoms with Gasteiger partial charge in [-0.1, -0.05) is 27.2 Å². The number of carbonyl (C=O) groups excluding carboxylic acids is 1. The molecule has 2 fully saturated rings. The Morgan fingerprint density at radius 3 is 2.31 bits per heavy atom. The van der Waals surface area contributed by atoms with Crippen LogP contribution < -0.4 is 0 Å². The average Bonchev–Trinajstić information content (AvgIpc) is 2.25. The third-order valence-electron chi connectivity index (χ3n) is 4.65. The molecule has 1 aliphatic carbocycles. The maximum absolute atomic E-state index is 11.9. The van der Waals surface area contributed by atoms with Crippen molar-refractivity contribution in [3.8, 4) is 0 Å². The number of nitrogens with zero attached hydrogens (tertiary/aromatic N) is 1. The van der Waals surface area contributed by atoms with E-state index < -0.39 is 0 Å². The Balaban J connectivity index is 1.82. The number of carbonyl (C=O) groups is 1. The SMILES string of the molecule is CCC1CC2(CCN(C(=O)C(C)C)CC2)C1. The van der Waals surface area contributed by atoms with E-state index in [4.69, 9.17) is 0 Å². The summed E-state index contributed by atoms with van der Waals surface area (Å²) in [5, 5.41) is 0. The molecule has 1 spiro atoms. The van der Waals surface area contributed by atoms with Crippen LogP contribution >= 0.6 is 0 Å². The second kappa shape index (κ2) is 4.38. The molecule has 16 heavy (non-hydrogen) atoms. The van der Waals surface area contributed by atoms with Crippen molar-refractivity contribution in [2.45, 2.75) is 52.9 Å². The normalized spacial score (nSPS) is 24.9. The molecule has 2 rings (SSSR count). The van der Waals surface area contributed by atoms with Crippen LogP contribution in [0.1, 0.15) is 52.9 Å². The van der Waals surface area contributed by atoms with Crippen LogP contribution in [-0.2, 0) is 4.79 Å². The summed E-state index contributed by atoms with van der Waals surface area (Å²) < 4.78 is 0. The average molecular weight is 223 g/mol. The summed E-state index contributed by atoms with van der Waals surface area (Å²) in [5.74, 6) is 1.49. The van der Waals surface area contributed by atoms with Gasteiger partial charge in [-0.3, -0.25) is 4.79 Å². The Morgan fingerprint density at radius 2 is 1.88 bits per heavy atom. The Hall–Kier alpha value is -0.530. The van der Waals surface area contributed by atoms with E-state index in [2.05, 4.69) is 11.8 Å². The van der Waals surface area contributed by atoms with Gasteiger partial charge in [-0.15, -0.1) is 0 Å². The van der Waals surface area contributed by atoms with Crippen LogP contribution in [0.3, 0.4) is 0 Å². The van der Waals surface area contributed by atoms with Crippen LogP contribution in [0.25, 0.3) is 0 Å². The molecule has 0 aromatic heterocycles. The smallest absolute Gasteiger partial charge is 0.225 e. The summed E-state index contributed by atoms with van der Waals surface area (Å²) >= 11 is 0. The van der Waals surface area contributed by atoms with Crippen LogP contribution in [-0.4, -0.2) is 23.9 Å². The number of hydrogen-bond acceptors (Lipinski definition) is 1. The molecule has 2 aliphatic rings. The molecule has 2 nitrogen and oxygen atoms in total. The maximum atomic E-state index is 11.9. The Morgan fingerprint density at radius 1 is 1.31 bits per heavy atom. The zero-order chi connectivity index (χ0) is 11.8. The quantitative estimate of drug-likeness (QED) is 0.704. The van der Waals surface area contributed by atoms with E-state index in [1.54, 1.807) is 0 Å². The lowest BCUT2D eigenvalue weighted by Gasteiger charge is -2.52. The first-order chi connectivity index (χ1) is 7.56. The molecule has 0 atom stereocenters. The van der Waals surface area contributed by atoms with Crippen molar-refractivity contribution in [2.75, 3.05) is 13.1 Å². The fourth-order valence-electron chi connectivity index (χ4n) is 3.43. The predicted molar refractivity (Wildman–Crippen MR) is 66.1 cm³/mol. The minimum absolute atomic E-state index is 0.166. The van der Waals surface area contributed by atoms with Crippen LogP contribution in [0.4, 0.5) is 0 Å². The molecule has 0 unspecified atom stereocenters. The van der Waals surface area contributed by atoms with Gasteiger partial charge in [-0.25, -0.2) is 0 Å². The van der Waals surface area contributed by atoms with Crippen molar-refractivity contribution in [2.24, 2.45) is 17.3 Å². The van der Waals surface area contributed by atoms with E-state index >= 15 is 0 Å². The largest absolute Gasteiger partial charge is 0.342 e. The van der Waals surface area contributed by atoms with E-state index in [-0.39, 0.29) is 5.92 Å². The van der Waals surface area contributed by atoms with E-state index in [1.807, 2.05) is 13.8 Å². The van der Waals surface area contributed by atoms with Crippen LogP contribution in [0.2, 0.25) is 0 Å². The molecule has 0 N–H and O–H groups in total. The fourth-order valence-corrected chi connectivity index (χ4v) is 3.43. The first kappa shape index (κ1) is 11.9. The van der Waals surface area contributed by atoms with Gasteiger partial charge in [0.2, 0.25) is 5.91 Å². The van der Waals surface area contributed by atoms with Crippen molar-refractivity contribution in [3.63, 3.8) is 0 Å². The summed E-state index contributed by atoms with van der Waals surface area (Å²) in [6.45, 7) is 8.32. The predicted octanol–water partition coefficient (Wildman–Crippen LogP) is 3.07. The van der Waals surface area contributed by atoms with Gasteiger partial charge in [0.15, 0.2) is 0 Å². The van der Waals surface area contributed by atoms with Crippen molar-refractivity contribution < 1.29 is 4.79 Å². The second-order valence-electron chi connectivity index (χ2n) is 6.16. The minimum Gasteiger partial charge on any atom is -0.342 e. The van der Waals surface area contributed by atoms with Gasteiger partial charge in [0.25, 0.3) is 0 Å². The van der Waals surface area contributed by atoms with Crippen molar-refractivity contribution in [1.29, 1.82) is 0 Å². The van der Waals surface area contributed by atoms with E-state index in [1.165, 1.54) is 32.1 Å². The molecule has 0 bridgehead atoms. The standard InChI is InChI=1S/C14H25NO/c1-4-12-9-14(10-12)5-7-15(8-6-14)13(16)11(2)3/h11-12H,4-10H2,1-3H3. The van der Waals surface area contributed by atoms with Gasteiger partial charge in [-0.2, -0.15) is 0 Å². The molecule has 92 valence electrons. The number of piperidine rings is 1. The number of likely N-dealkylation sites (tertiary alicyclic amines) is 1. The third kappa shape index (κ3) is 2.11. The number of rotatable bonds is 2. The Bertz CT molecular complexity index is 256. The molecule has 1 amide bonds. The second-order valence-corrected chi connectivity index (χ2v) is 6.16. The van der Waals surface area contributed by atoms with Crippen LogP contribution in [0.5, 0.6) is 0 Å². The minimum atomic E-state index is 0.166. The van der Waals surface area contributed by atoms with Gasteiger partial charge < -0.3 is 4.90 Å². The highest BCUT2D eigenvalue weighted by Crippen LogP contribution is 2.53. The summed E-state index contributed by atoms with van der Waals surface area (Å²) in [6, 6.07) is 0. The van der Waals surface area contributed by atoms with Gasteiger partial charge >= 0.3 is 0 Å². The first-order valence-electron chi connectivity index (χ1n) is 6.85. The van der Waals surface area contributed by atoms with Gasteiger partial charge in [-0.05, 0) is 37.0 Å². The van der Waals surface area contributed by atoms with E-state index in [0.29, 0.717) is 11.3 Å². The van der Waals surface area contributed by atoms with E-state index in [9.17, 15) is 4.79 Å². The molecule has 1 saturated carbocycles. The van der Waals surface area contributed by atoms with Crippen LogP contribution in [0, 0.1) is 17.3 Å². The lowest BCUT2D eigenvalue weighted by Crippen LogP contribution is -2.49. The van der Waals surface area contributed by atoms with Crippen molar-refractivity contribution in [3.05, 3.63) is 0 Å². The molecule has 0 aromatic carbocycles. The zero-order valence-corrected chi connectivity index (χ0v) is 11.0. The molecule has 1 saturated heterocycles. The van der Waals surface area contributed by atoms with E-state index in [0.717, 1.165) is 19.0 Å². The molecule has 1 heterocycles. The summed E-state index contributed by atoms with van der Waals surface area (Å²) in [7, 11) is 0. The Kier molecular flexibility index (Phi) is 3.27. The number of hydrogen-bond donors (Lipinski definition) is 0. The highest BCUT2D eigenvalue weighted by molar-refractivity contribution is 5.78. The first-order valence-corrected chi connectivity index (χ1v) is 6.85. The third-order valence-corrected chi connectivity index (χ3v) is 4.65. The van der Waals surface area contributed by atoms with Crippen molar-refractivity contribution >= 4 is 5.91 Å². The lowest BCUT2D eigenvalue weighted by atomic mass is 9.57. The summed E-state index contributed by atoms with van der Waals surface area (Å²) in [6.07, 6.45) is 6.70. The zero-order valence-electron chi connectivity index (χ0n) is 11.0. The van der Waals surface area contributed by atoms with Gasteiger partial charge in [0.1, 0.15) is 0 Å². The summed E-state index contributed by atoms with van der Waals surface area (Å²) in [4.78, 5) is 13.9. The molecule has 1 aliphatic heterocycles. The molecule has 0 aromatic rings. The highest BCUT2D eigenvalue weighted by atomic mass is 16.2. The molecular weight excluding hydrogens is 198 g/mol. The number of amides is 1.